The van der Waals surface area contributed by atoms with Crippen molar-refractivity contribution in [3.05, 3.63) is 280 Å². The molecule has 10 heterocycles. The van der Waals surface area contributed by atoms with E-state index in [2.05, 4.69) is 60.8 Å². The average Bonchev–Trinajstić information content (AvgIpc) is 1.41. The monoisotopic (exact) mass is 1470 g/mol. The number of pyridine rings is 9. The molecule has 1 fully saturated rings. The Bertz CT molecular complexity index is 5230. The highest BCUT2D eigenvalue weighted by Crippen LogP contribution is 2.28. The van der Waals surface area contributed by atoms with Gasteiger partial charge in [-0.3, -0.25) is 44.3 Å². The van der Waals surface area contributed by atoms with Gasteiger partial charge in [-0.1, -0.05) is 53.0 Å². The zero-order valence-corrected chi connectivity index (χ0v) is 60.2. The first-order valence-electron chi connectivity index (χ1n) is 33.1. The summed E-state index contributed by atoms with van der Waals surface area (Å²) in [4.78, 5) is 101. The lowest BCUT2D eigenvalue weighted by Crippen LogP contribution is -2.24. The first-order valence-corrected chi connectivity index (χ1v) is 34.2. The molecule has 0 bridgehead atoms. The number of anilines is 3. The van der Waals surface area contributed by atoms with E-state index >= 15 is 0 Å². The van der Waals surface area contributed by atoms with Gasteiger partial charge in [0.2, 0.25) is 0 Å². The number of ether oxygens (including phenoxy) is 2. The van der Waals surface area contributed by atoms with Crippen LogP contribution in [0.3, 0.4) is 0 Å². The van der Waals surface area contributed by atoms with Crippen molar-refractivity contribution in [1.82, 2.24) is 60.8 Å². The number of methoxy groups -OCH3 is 1. The third kappa shape index (κ3) is 20.6. The number of amides is 3. The standard InChI is InChI=1S/C25H22ClN5O3.C25H24ClN5O2.C24H20ClN5O3.C4H8O/c1-14-17(3-4-22(27)31-14)12-30-24(32)16-5-6-28-20(11-16)8-15-7-18-10-19(26)13-29-23(18)21(9-15)25(33)34-2;1-14-5-23(27)31-15(2)22(14)12-30-25(33)17-3-4-28-21(10-17)8-16-6-18-9-20(26)11-29-24(18)19(7-16)13-32;1-13-16(2-3-21(26)30-13)11-29-23(31)15-4-5-27-19(10-15)7-14-6-17-9-18(25)12-28-22(17)20(8-14)24(32)33;1-2-4-5-3-1/h3-7,9-11,13H,8,12H2,1-2H3,(H2,27,31)(H,30,32);3-7,9-11,32H,8,12-13H2,1-2H3,(H2,27,31)(H,30,33);2-6,8-10,12H,7,11H2,1H3,(H2,26,30)(H,29,31)(H,32,33);1-4H2. The van der Waals surface area contributed by atoms with E-state index in [1.165, 1.54) is 32.3 Å². The van der Waals surface area contributed by atoms with Crippen molar-refractivity contribution in [2.24, 2.45) is 0 Å². The summed E-state index contributed by atoms with van der Waals surface area (Å²) in [5.74, 6) is -0.914. The number of carbonyl (C=O) groups excluding carboxylic acids is 4. The molecule has 0 radical (unpaired) electrons. The molecule has 1 aliphatic rings. The number of carboxylic acids is 1. The maximum absolute atomic E-state index is 12.8. The second-order valence-corrected chi connectivity index (χ2v) is 25.9. The number of nitrogen functional groups attached to an aromatic ring is 3. The number of benzene rings is 3. The Labute approximate surface area is 619 Å². The number of esters is 1. The van der Waals surface area contributed by atoms with Crippen LogP contribution in [-0.2, 0) is 55.0 Å². The van der Waals surface area contributed by atoms with Crippen molar-refractivity contribution in [3.8, 4) is 0 Å². The van der Waals surface area contributed by atoms with Crippen molar-refractivity contribution >= 4 is 115 Å². The number of rotatable bonds is 18. The summed E-state index contributed by atoms with van der Waals surface area (Å²) in [6.07, 6.45) is 13.0. The molecule has 11 N–H and O–H groups in total. The summed E-state index contributed by atoms with van der Waals surface area (Å²) in [6.45, 7) is 10.4. The average molecular weight is 1470 g/mol. The highest BCUT2D eigenvalue weighted by atomic mass is 35.5. The maximum Gasteiger partial charge on any atom is 0.340 e. The molecule has 13 rings (SSSR count). The van der Waals surface area contributed by atoms with Gasteiger partial charge in [-0.15, -0.1) is 0 Å². The van der Waals surface area contributed by atoms with E-state index in [0.29, 0.717) is 127 Å². The zero-order chi connectivity index (χ0) is 74.8. The largest absolute Gasteiger partial charge is 0.478 e. The number of aliphatic hydroxyl groups is 1. The van der Waals surface area contributed by atoms with Crippen LogP contribution in [0, 0.1) is 27.7 Å². The molecule has 12 aromatic rings. The number of aromatic carboxylic acids is 1. The van der Waals surface area contributed by atoms with Gasteiger partial charge in [-0.25, -0.2) is 24.5 Å². The summed E-state index contributed by atoms with van der Waals surface area (Å²) in [7, 11) is 1.32. The van der Waals surface area contributed by atoms with E-state index in [4.69, 9.17) is 61.5 Å². The molecular formula is C78H74Cl3N15O9. The van der Waals surface area contributed by atoms with Crippen LogP contribution in [0.1, 0.15) is 143 Å². The van der Waals surface area contributed by atoms with Crippen LogP contribution in [-0.4, -0.2) is 105 Å². The van der Waals surface area contributed by atoms with Crippen LogP contribution in [0.4, 0.5) is 17.5 Å². The quantitative estimate of drug-likeness (QED) is 0.0370. The molecular weight excluding hydrogens is 1400 g/mol. The molecule has 27 heteroatoms. The molecule has 105 heavy (non-hydrogen) atoms. The summed E-state index contributed by atoms with van der Waals surface area (Å²) < 4.78 is 9.86. The maximum atomic E-state index is 12.8. The van der Waals surface area contributed by atoms with Gasteiger partial charge < -0.3 is 52.8 Å². The van der Waals surface area contributed by atoms with Crippen LogP contribution >= 0.6 is 34.8 Å². The molecule has 0 atom stereocenters. The van der Waals surface area contributed by atoms with Crippen molar-refractivity contribution in [3.63, 3.8) is 0 Å². The number of hydrogen-bond acceptors (Lipinski definition) is 20. The van der Waals surface area contributed by atoms with Crippen LogP contribution in [0.5, 0.6) is 0 Å². The Morgan fingerprint density at radius 3 is 1.30 bits per heavy atom. The molecule has 536 valence electrons. The molecule has 3 amide bonds. The predicted molar refractivity (Wildman–Crippen MR) is 404 cm³/mol. The Morgan fingerprint density at radius 2 is 0.886 bits per heavy atom. The number of aliphatic hydroxyl groups excluding tert-OH is 1. The van der Waals surface area contributed by atoms with Crippen molar-refractivity contribution in [2.45, 2.75) is 86.0 Å². The van der Waals surface area contributed by atoms with Crippen LogP contribution in [0.25, 0.3) is 32.7 Å². The number of aromatic nitrogens is 9. The first-order chi connectivity index (χ1) is 50.5. The molecule has 24 nitrogen and oxygen atoms in total. The van der Waals surface area contributed by atoms with E-state index in [1.807, 2.05) is 70.2 Å². The lowest BCUT2D eigenvalue weighted by atomic mass is 10.0. The molecule has 9 aromatic heterocycles. The number of nitrogens with two attached hydrogens (primary N) is 3. The third-order valence-electron chi connectivity index (χ3n) is 16.8. The normalized spacial score (nSPS) is 11.5. The van der Waals surface area contributed by atoms with Gasteiger partial charge in [-0.2, -0.15) is 0 Å². The number of nitrogens with zero attached hydrogens (tertiary/aromatic N) is 9. The topological polar surface area (TPSA) is 374 Å². The lowest BCUT2D eigenvalue weighted by molar-refractivity contribution is 0.0601. The molecule has 3 aromatic carbocycles. The SMILES string of the molecule is C1CCOC1.COC(=O)c1cc(Cc2cc(C(=O)NCc3ccc(N)nc3C)ccn2)cc2cc(Cl)cnc12.Cc1cc(N)nc(C)c1CNC(=O)c1ccnc(Cc2cc(CO)c3ncc(Cl)cc3c2)c1.Cc1nc(N)ccc1CNC(=O)c1ccnc(Cc2cc(C(=O)O)c3ncc(Cl)cc3c2)c1. The number of fused-ring (bicyclic) bond motifs is 3. The molecule has 1 saturated heterocycles. The van der Waals surface area contributed by atoms with Crippen LogP contribution in [0.2, 0.25) is 15.1 Å². The van der Waals surface area contributed by atoms with Crippen molar-refractivity contribution in [2.75, 3.05) is 37.5 Å². The molecule has 0 saturated carbocycles. The van der Waals surface area contributed by atoms with Gasteiger partial charge in [0.1, 0.15) is 17.5 Å². The highest BCUT2D eigenvalue weighted by molar-refractivity contribution is 6.32. The van der Waals surface area contributed by atoms with Crippen LogP contribution in [0.15, 0.2) is 159 Å². The number of hydrogen-bond donors (Lipinski definition) is 8. The van der Waals surface area contributed by atoms with Crippen molar-refractivity contribution < 1.29 is 43.7 Å². The highest BCUT2D eigenvalue weighted by Gasteiger charge is 2.19. The number of nitrogens with one attached hydrogen (secondary N) is 3. The molecule has 0 unspecified atom stereocenters. The summed E-state index contributed by atoms with van der Waals surface area (Å²) >= 11 is 18.2. The summed E-state index contributed by atoms with van der Waals surface area (Å²) in [6, 6.07) is 35.1. The summed E-state index contributed by atoms with van der Waals surface area (Å²) in [5, 5.41) is 31.7. The molecule has 0 spiro atoms. The Balaban J connectivity index is 0.000000163. The van der Waals surface area contributed by atoms with Crippen LogP contribution < -0.4 is 33.2 Å². The Kier molecular flexibility index (Phi) is 25.7. The molecule has 0 aliphatic carbocycles. The third-order valence-corrected chi connectivity index (χ3v) is 17.5. The Hall–Kier alpha value is -11.7. The lowest BCUT2D eigenvalue weighted by Gasteiger charge is -2.12. The molecule has 1 aliphatic heterocycles. The number of carboxylic acid groups (broad SMARTS) is 1. The summed E-state index contributed by atoms with van der Waals surface area (Å²) in [5.41, 5.74) is 31.8. The van der Waals surface area contributed by atoms with Crippen molar-refractivity contribution in [1.29, 1.82) is 0 Å². The fourth-order valence-corrected chi connectivity index (χ4v) is 12.2. The fraction of sp³-hybridized carbons (Fsp3) is 0.205. The van der Waals surface area contributed by atoms with Gasteiger partial charge in [0.25, 0.3) is 17.7 Å². The van der Waals surface area contributed by atoms with Gasteiger partial charge in [0.15, 0.2) is 0 Å². The van der Waals surface area contributed by atoms with E-state index in [1.54, 1.807) is 104 Å². The fourth-order valence-electron chi connectivity index (χ4n) is 11.7. The first kappa shape index (κ1) is 76.0. The minimum Gasteiger partial charge on any atom is -0.478 e. The number of halogens is 3. The predicted octanol–water partition coefficient (Wildman–Crippen LogP) is 12.4. The van der Waals surface area contributed by atoms with Gasteiger partial charge in [0, 0.05) is 162 Å². The van der Waals surface area contributed by atoms with Gasteiger partial charge in [-0.05, 0) is 183 Å². The number of carbonyl (C=O) groups is 5. The zero-order valence-electron chi connectivity index (χ0n) is 57.9. The van der Waals surface area contributed by atoms with Gasteiger partial charge in [0.05, 0.1) is 56.5 Å². The van der Waals surface area contributed by atoms with Gasteiger partial charge >= 0.3 is 11.9 Å². The van der Waals surface area contributed by atoms with E-state index in [0.717, 1.165) is 91.4 Å². The van der Waals surface area contributed by atoms with E-state index < -0.39 is 11.9 Å². The minimum atomic E-state index is -1.08. The second-order valence-electron chi connectivity index (χ2n) is 24.6. The minimum absolute atomic E-state index is 0.0838. The smallest absolute Gasteiger partial charge is 0.340 e. The Morgan fingerprint density at radius 1 is 0.476 bits per heavy atom. The second kappa shape index (κ2) is 35.5. The number of aryl methyl sites for hydroxylation is 4. The van der Waals surface area contributed by atoms with E-state index in [-0.39, 0.29) is 29.9 Å². The van der Waals surface area contributed by atoms with E-state index in [9.17, 15) is 34.2 Å².